The number of hydrogen-bond donors (Lipinski definition) is 3. The van der Waals surface area contributed by atoms with Crippen LogP contribution in [0, 0.1) is 11.8 Å². The van der Waals surface area contributed by atoms with E-state index in [1.54, 1.807) is 0 Å². The Bertz CT molecular complexity index is 500. The monoisotopic (exact) mass is 277 g/mol. The van der Waals surface area contributed by atoms with Crippen LogP contribution in [-0.4, -0.2) is 22.1 Å². The second-order valence-corrected chi connectivity index (χ2v) is 5.24. The first-order valence-corrected chi connectivity index (χ1v) is 6.79. The highest BCUT2D eigenvalue weighted by atomic mass is 16.4. The van der Waals surface area contributed by atoms with Gasteiger partial charge in [-0.2, -0.15) is 0 Å². The van der Waals surface area contributed by atoms with E-state index in [2.05, 4.69) is 5.32 Å². The van der Waals surface area contributed by atoms with Crippen molar-refractivity contribution in [3.05, 3.63) is 35.4 Å². The normalized spacial score (nSPS) is 21.6. The summed E-state index contributed by atoms with van der Waals surface area (Å²) in [5, 5.41) is 20.8. The van der Waals surface area contributed by atoms with Crippen LogP contribution in [0.2, 0.25) is 0 Å². The van der Waals surface area contributed by atoms with Crippen molar-refractivity contribution < 1.29 is 19.8 Å². The molecule has 108 valence electrons. The minimum atomic E-state index is -0.809. The second-order valence-electron chi connectivity index (χ2n) is 5.24. The van der Waals surface area contributed by atoms with Gasteiger partial charge in [0.15, 0.2) is 0 Å². The number of carbonyl (C=O) groups excluding carboxylic acids is 1. The Morgan fingerprint density at radius 2 is 1.90 bits per heavy atom. The van der Waals surface area contributed by atoms with Gasteiger partial charge in [-0.25, -0.2) is 0 Å². The Balaban J connectivity index is 1.85. The number of amides is 1. The molecule has 0 saturated heterocycles. The molecular weight excluding hydrogens is 258 g/mol. The predicted octanol–water partition coefficient (Wildman–Crippen LogP) is 1.30. The highest BCUT2D eigenvalue weighted by Crippen LogP contribution is 2.31. The maximum atomic E-state index is 12.0. The van der Waals surface area contributed by atoms with Crippen LogP contribution in [0.1, 0.15) is 30.4 Å². The number of aliphatic carboxylic acids is 1. The minimum absolute atomic E-state index is 0.0231. The van der Waals surface area contributed by atoms with Crippen molar-refractivity contribution in [2.24, 2.45) is 11.8 Å². The summed E-state index contributed by atoms with van der Waals surface area (Å²) in [4.78, 5) is 22.9. The molecule has 0 spiro atoms. The first-order valence-electron chi connectivity index (χ1n) is 6.79. The van der Waals surface area contributed by atoms with Crippen LogP contribution in [0.25, 0.3) is 0 Å². The van der Waals surface area contributed by atoms with Crippen molar-refractivity contribution in [2.45, 2.75) is 32.4 Å². The van der Waals surface area contributed by atoms with Crippen LogP contribution in [-0.2, 0) is 22.7 Å². The van der Waals surface area contributed by atoms with E-state index in [1.165, 1.54) is 0 Å². The zero-order valence-corrected chi connectivity index (χ0v) is 11.2. The number of benzene rings is 1. The summed E-state index contributed by atoms with van der Waals surface area (Å²) >= 11 is 0. The number of nitrogens with one attached hydrogen (secondary N) is 1. The molecule has 1 aromatic carbocycles. The van der Waals surface area contributed by atoms with E-state index in [-0.39, 0.29) is 24.3 Å². The van der Waals surface area contributed by atoms with E-state index in [4.69, 9.17) is 10.2 Å². The summed E-state index contributed by atoms with van der Waals surface area (Å²) in [7, 11) is 0. The van der Waals surface area contributed by atoms with E-state index in [9.17, 15) is 9.59 Å². The van der Waals surface area contributed by atoms with E-state index >= 15 is 0 Å². The van der Waals surface area contributed by atoms with Crippen molar-refractivity contribution in [3.63, 3.8) is 0 Å². The largest absolute Gasteiger partial charge is 0.481 e. The Kier molecular flexibility index (Phi) is 4.74. The molecule has 1 aliphatic rings. The average Bonchev–Trinajstić information content (AvgIpc) is 2.95. The smallest absolute Gasteiger partial charge is 0.306 e. The highest BCUT2D eigenvalue weighted by molar-refractivity contribution is 5.80. The molecule has 1 saturated carbocycles. The topological polar surface area (TPSA) is 86.6 Å². The third-order valence-corrected chi connectivity index (χ3v) is 3.79. The highest BCUT2D eigenvalue weighted by Gasteiger charge is 2.33. The van der Waals surface area contributed by atoms with Gasteiger partial charge in [-0.1, -0.05) is 24.3 Å². The molecule has 3 N–H and O–H groups in total. The molecule has 0 unspecified atom stereocenters. The molecule has 0 radical (unpaired) electrons. The van der Waals surface area contributed by atoms with Crippen molar-refractivity contribution in [2.75, 3.05) is 0 Å². The van der Waals surface area contributed by atoms with Gasteiger partial charge in [0.2, 0.25) is 5.91 Å². The maximum Gasteiger partial charge on any atom is 0.306 e. The SMILES string of the molecule is O=C(O)[C@H]1CC[C@@H](C(=O)NCc2cccc(CO)c2)C1. The Labute approximate surface area is 117 Å². The van der Waals surface area contributed by atoms with E-state index in [0.29, 0.717) is 25.8 Å². The van der Waals surface area contributed by atoms with Crippen LogP contribution in [0.5, 0.6) is 0 Å². The Morgan fingerprint density at radius 1 is 1.20 bits per heavy atom. The summed E-state index contributed by atoms with van der Waals surface area (Å²) in [5.41, 5.74) is 1.74. The number of carboxylic acid groups (broad SMARTS) is 1. The molecule has 1 aliphatic carbocycles. The molecule has 2 rings (SSSR count). The number of aliphatic hydroxyl groups is 1. The molecule has 0 bridgehead atoms. The fourth-order valence-corrected chi connectivity index (χ4v) is 2.62. The first-order chi connectivity index (χ1) is 9.60. The summed E-state index contributed by atoms with van der Waals surface area (Å²) in [6.07, 6.45) is 1.64. The fraction of sp³-hybridized carbons (Fsp3) is 0.467. The molecule has 1 amide bonds. The quantitative estimate of drug-likeness (QED) is 0.757. The molecule has 5 heteroatoms. The summed E-state index contributed by atoms with van der Waals surface area (Å²) in [6.45, 7) is 0.381. The number of rotatable bonds is 5. The van der Waals surface area contributed by atoms with Crippen LogP contribution in [0.3, 0.4) is 0 Å². The first kappa shape index (κ1) is 14.5. The number of aliphatic hydroxyl groups excluding tert-OH is 1. The fourth-order valence-electron chi connectivity index (χ4n) is 2.62. The lowest BCUT2D eigenvalue weighted by atomic mass is 10.0. The van der Waals surface area contributed by atoms with E-state index in [0.717, 1.165) is 11.1 Å². The minimum Gasteiger partial charge on any atom is -0.481 e. The van der Waals surface area contributed by atoms with Crippen LogP contribution in [0.15, 0.2) is 24.3 Å². The molecule has 1 fully saturated rings. The van der Waals surface area contributed by atoms with Gasteiger partial charge in [0.05, 0.1) is 12.5 Å². The maximum absolute atomic E-state index is 12.0. The standard InChI is InChI=1S/C15H19NO4/c17-9-11-3-1-2-10(6-11)8-16-14(18)12-4-5-13(7-12)15(19)20/h1-3,6,12-13,17H,4-5,7-9H2,(H,16,18)(H,19,20)/t12-,13+/m1/s1. The molecule has 1 aromatic rings. The molecule has 20 heavy (non-hydrogen) atoms. The van der Waals surface area contributed by atoms with Gasteiger partial charge in [0.25, 0.3) is 0 Å². The molecule has 0 aromatic heterocycles. The lowest BCUT2D eigenvalue weighted by molar-refractivity contribution is -0.141. The van der Waals surface area contributed by atoms with Gasteiger partial charge in [0, 0.05) is 12.5 Å². The van der Waals surface area contributed by atoms with Crippen molar-refractivity contribution in [3.8, 4) is 0 Å². The van der Waals surface area contributed by atoms with E-state index < -0.39 is 5.97 Å². The average molecular weight is 277 g/mol. The van der Waals surface area contributed by atoms with Crippen LogP contribution >= 0.6 is 0 Å². The molecule has 0 heterocycles. The summed E-state index contributed by atoms with van der Waals surface area (Å²) in [5.74, 6) is -1.47. The third-order valence-electron chi connectivity index (χ3n) is 3.79. The van der Waals surface area contributed by atoms with Crippen molar-refractivity contribution in [1.29, 1.82) is 0 Å². The molecule has 5 nitrogen and oxygen atoms in total. The lowest BCUT2D eigenvalue weighted by Gasteiger charge is -2.11. The molecular formula is C15H19NO4. The molecule has 0 aliphatic heterocycles. The third kappa shape index (κ3) is 3.57. The van der Waals surface area contributed by atoms with Crippen LogP contribution in [0.4, 0.5) is 0 Å². The van der Waals surface area contributed by atoms with Gasteiger partial charge in [-0.15, -0.1) is 0 Å². The van der Waals surface area contributed by atoms with Crippen LogP contribution < -0.4 is 5.32 Å². The molecule has 2 atom stereocenters. The predicted molar refractivity (Wildman–Crippen MR) is 72.7 cm³/mol. The lowest BCUT2D eigenvalue weighted by Crippen LogP contribution is -2.29. The number of carbonyl (C=O) groups is 2. The van der Waals surface area contributed by atoms with Gasteiger partial charge in [-0.3, -0.25) is 9.59 Å². The van der Waals surface area contributed by atoms with Crippen molar-refractivity contribution >= 4 is 11.9 Å². The van der Waals surface area contributed by atoms with Gasteiger partial charge in [-0.05, 0) is 30.4 Å². The number of hydrogen-bond acceptors (Lipinski definition) is 3. The summed E-state index contributed by atoms with van der Waals surface area (Å²) in [6, 6.07) is 7.38. The number of carboxylic acids is 1. The zero-order chi connectivity index (χ0) is 14.5. The Hall–Kier alpha value is -1.88. The van der Waals surface area contributed by atoms with Gasteiger partial charge < -0.3 is 15.5 Å². The van der Waals surface area contributed by atoms with Gasteiger partial charge in [0.1, 0.15) is 0 Å². The summed E-state index contributed by atoms with van der Waals surface area (Å²) < 4.78 is 0. The van der Waals surface area contributed by atoms with Gasteiger partial charge >= 0.3 is 5.97 Å². The Morgan fingerprint density at radius 3 is 2.55 bits per heavy atom. The zero-order valence-electron chi connectivity index (χ0n) is 11.2. The van der Waals surface area contributed by atoms with Crippen molar-refractivity contribution in [1.82, 2.24) is 5.32 Å². The van der Waals surface area contributed by atoms with E-state index in [1.807, 2.05) is 24.3 Å². The second kappa shape index (κ2) is 6.52.